The number of thiophene rings is 1. The van der Waals surface area contributed by atoms with E-state index < -0.39 is 23.9 Å². The number of amides is 2. The molecule has 1 aliphatic rings. The molecule has 1 aromatic heterocycles. The Bertz CT molecular complexity index is 985. The van der Waals surface area contributed by atoms with Crippen LogP contribution in [0.2, 0.25) is 0 Å². The molecular formula is C20H20N2O7S. The summed E-state index contributed by atoms with van der Waals surface area (Å²) < 4.78 is 15.9. The van der Waals surface area contributed by atoms with Crippen LogP contribution < -0.4 is 20.5 Å². The molecule has 0 aliphatic carbocycles. The van der Waals surface area contributed by atoms with Gasteiger partial charge in [-0.25, -0.2) is 0 Å². The van der Waals surface area contributed by atoms with Crippen molar-refractivity contribution in [2.24, 2.45) is 5.73 Å². The van der Waals surface area contributed by atoms with Crippen molar-refractivity contribution in [1.29, 1.82) is 0 Å². The predicted molar refractivity (Wildman–Crippen MR) is 108 cm³/mol. The Hall–Kier alpha value is -3.40. The van der Waals surface area contributed by atoms with Crippen LogP contribution in [-0.4, -0.2) is 42.9 Å². The maximum atomic E-state index is 12.3. The highest BCUT2D eigenvalue weighted by atomic mass is 32.1. The van der Waals surface area contributed by atoms with Gasteiger partial charge in [-0.2, -0.15) is 0 Å². The first-order valence-corrected chi connectivity index (χ1v) is 10.0. The highest BCUT2D eigenvalue weighted by Gasteiger charge is 2.22. The topological polar surface area (TPSA) is 134 Å². The monoisotopic (exact) mass is 432 g/mol. The lowest BCUT2D eigenvalue weighted by molar-refractivity contribution is -0.153. The Balaban J connectivity index is 1.49. The van der Waals surface area contributed by atoms with E-state index in [0.29, 0.717) is 30.3 Å². The lowest BCUT2D eigenvalue weighted by Crippen LogP contribution is -2.30. The Morgan fingerprint density at radius 2 is 1.87 bits per heavy atom. The first kappa shape index (κ1) is 21.3. The Kier molecular flexibility index (Phi) is 6.68. The maximum Gasteiger partial charge on any atom is 0.307 e. The molecule has 0 saturated carbocycles. The molecule has 9 nitrogen and oxygen atoms in total. The number of primary amides is 1. The molecule has 0 fully saturated rings. The quantitative estimate of drug-likeness (QED) is 0.482. The zero-order valence-corrected chi connectivity index (χ0v) is 17.0. The summed E-state index contributed by atoms with van der Waals surface area (Å²) in [6.45, 7) is 2.25. The molecule has 0 radical (unpaired) electrons. The number of fused-ring (bicyclic) bond motifs is 1. The highest BCUT2D eigenvalue weighted by Crippen LogP contribution is 2.31. The number of carbonyl (C=O) groups excluding carboxylic acids is 4. The van der Waals surface area contributed by atoms with E-state index in [0.717, 1.165) is 11.3 Å². The summed E-state index contributed by atoms with van der Waals surface area (Å²) in [4.78, 5) is 47.9. The van der Waals surface area contributed by atoms with Crippen LogP contribution in [0.15, 0.2) is 29.6 Å². The summed E-state index contributed by atoms with van der Waals surface area (Å²) in [6, 6.07) is 6.32. The Morgan fingerprint density at radius 3 is 2.60 bits per heavy atom. The second kappa shape index (κ2) is 9.40. The molecule has 1 aromatic carbocycles. The number of anilines is 1. The largest absolute Gasteiger partial charge is 0.486 e. The standard InChI is InChI=1S/C20H20N2O7S/c1-11(19(26)22-20-13(18(21)25)6-9-30-20)29-17(24)5-3-14(23)12-2-4-15-16(10-12)28-8-7-27-15/h2,4,6,9-11H,3,5,7-8H2,1H3,(H2,21,25)(H,22,26). The van der Waals surface area contributed by atoms with Gasteiger partial charge in [0.1, 0.15) is 18.2 Å². The van der Waals surface area contributed by atoms with Crippen LogP contribution in [0.1, 0.15) is 40.5 Å². The van der Waals surface area contributed by atoms with E-state index in [2.05, 4.69) is 5.32 Å². The van der Waals surface area contributed by atoms with Crippen LogP contribution in [0.4, 0.5) is 5.00 Å². The van der Waals surface area contributed by atoms with Crippen molar-refractivity contribution in [3.8, 4) is 11.5 Å². The summed E-state index contributed by atoms with van der Waals surface area (Å²) in [5, 5.41) is 4.39. The van der Waals surface area contributed by atoms with Crippen LogP contribution >= 0.6 is 11.3 Å². The maximum absolute atomic E-state index is 12.3. The number of ether oxygens (including phenoxy) is 3. The van der Waals surface area contributed by atoms with Gasteiger partial charge in [0.25, 0.3) is 11.8 Å². The van der Waals surface area contributed by atoms with Crippen LogP contribution in [0, 0.1) is 0 Å². The van der Waals surface area contributed by atoms with Crippen molar-refractivity contribution in [2.75, 3.05) is 18.5 Å². The number of hydrogen-bond acceptors (Lipinski definition) is 8. The first-order chi connectivity index (χ1) is 14.3. The van der Waals surface area contributed by atoms with Gasteiger partial charge in [0, 0.05) is 12.0 Å². The summed E-state index contributed by atoms with van der Waals surface area (Å²) in [5.41, 5.74) is 5.80. The number of Topliss-reactive ketones (excluding diaryl/α,β-unsaturated/α-hetero) is 1. The highest BCUT2D eigenvalue weighted by molar-refractivity contribution is 7.14. The summed E-state index contributed by atoms with van der Waals surface area (Å²) in [7, 11) is 0. The number of benzene rings is 1. The number of esters is 1. The van der Waals surface area contributed by atoms with E-state index in [9.17, 15) is 19.2 Å². The first-order valence-electron chi connectivity index (χ1n) is 9.15. The third kappa shape index (κ3) is 5.15. The van der Waals surface area contributed by atoms with Crippen molar-refractivity contribution in [1.82, 2.24) is 0 Å². The van der Waals surface area contributed by atoms with Gasteiger partial charge < -0.3 is 25.3 Å². The van der Waals surface area contributed by atoms with Gasteiger partial charge in [-0.15, -0.1) is 11.3 Å². The van der Waals surface area contributed by atoms with Crippen molar-refractivity contribution in [3.63, 3.8) is 0 Å². The van der Waals surface area contributed by atoms with E-state index in [1.54, 1.807) is 23.6 Å². The van der Waals surface area contributed by atoms with Crippen LogP contribution in [-0.2, 0) is 14.3 Å². The van der Waals surface area contributed by atoms with Crippen molar-refractivity contribution >= 4 is 39.9 Å². The van der Waals surface area contributed by atoms with Gasteiger partial charge in [-0.1, -0.05) is 0 Å². The van der Waals surface area contributed by atoms with Gasteiger partial charge in [-0.3, -0.25) is 19.2 Å². The number of nitrogens with two attached hydrogens (primary N) is 1. The molecule has 1 unspecified atom stereocenters. The zero-order chi connectivity index (χ0) is 21.7. The third-order valence-electron chi connectivity index (χ3n) is 4.27. The summed E-state index contributed by atoms with van der Waals surface area (Å²) in [5.74, 6) is -1.16. The second-order valence-corrected chi connectivity index (χ2v) is 7.35. The lowest BCUT2D eigenvalue weighted by atomic mass is 10.1. The molecule has 2 amide bonds. The van der Waals surface area contributed by atoms with Gasteiger partial charge in [0.2, 0.25) is 0 Å². The van der Waals surface area contributed by atoms with E-state index in [4.69, 9.17) is 19.9 Å². The molecule has 30 heavy (non-hydrogen) atoms. The molecule has 1 atom stereocenters. The fourth-order valence-electron chi connectivity index (χ4n) is 2.70. The fraction of sp³-hybridized carbons (Fsp3) is 0.300. The second-order valence-electron chi connectivity index (χ2n) is 6.43. The van der Waals surface area contributed by atoms with E-state index in [1.165, 1.54) is 13.0 Å². The molecule has 0 bridgehead atoms. The number of nitrogens with one attached hydrogen (secondary N) is 1. The predicted octanol–water partition coefficient (Wildman–Crippen LogP) is 2.15. The van der Waals surface area contributed by atoms with Gasteiger partial charge in [0.05, 0.1) is 12.0 Å². The summed E-state index contributed by atoms with van der Waals surface area (Å²) in [6.07, 6.45) is -1.37. The molecular weight excluding hydrogens is 412 g/mol. The molecule has 2 heterocycles. The van der Waals surface area contributed by atoms with E-state index in [1.807, 2.05) is 0 Å². The van der Waals surface area contributed by atoms with Crippen LogP contribution in [0.5, 0.6) is 11.5 Å². The number of ketones is 1. The molecule has 0 spiro atoms. The average molecular weight is 432 g/mol. The van der Waals surface area contributed by atoms with Crippen LogP contribution in [0.3, 0.4) is 0 Å². The number of rotatable bonds is 8. The molecule has 158 valence electrons. The Morgan fingerprint density at radius 1 is 1.13 bits per heavy atom. The molecule has 2 aromatic rings. The molecule has 0 saturated heterocycles. The van der Waals surface area contributed by atoms with Gasteiger partial charge in [0.15, 0.2) is 23.4 Å². The minimum absolute atomic E-state index is 0.0798. The van der Waals surface area contributed by atoms with Crippen molar-refractivity contribution < 1.29 is 33.4 Å². The molecule has 3 rings (SSSR count). The Labute approximate surface area is 176 Å². The third-order valence-corrected chi connectivity index (χ3v) is 5.10. The minimum Gasteiger partial charge on any atom is -0.486 e. The van der Waals surface area contributed by atoms with Crippen LogP contribution in [0.25, 0.3) is 0 Å². The average Bonchev–Trinajstić information content (AvgIpc) is 3.20. The fourth-order valence-corrected chi connectivity index (χ4v) is 3.50. The lowest BCUT2D eigenvalue weighted by Gasteiger charge is -2.18. The van der Waals surface area contributed by atoms with Gasteiger partial charge >= 0.3 is 5.97 Å². The molecule has 3 N–H and O–H groups in total. The van der Waals surface area contributed by atoms with Crippen molar-refractivity contribution in [2.45, 2.75) is 25.9 Å². The normalized spacial score (nSPS) is 13.2. The van der Waals surface area contributed by atoms with Crippen molar-refractivity contribution in [3.05, 3.63) is 40.8 Å². The van der Waals surface area contributed by atoms with E-state index in [-0.39, 0.29) is 29.2 Å². The zero-order valence-electron chi connectivity index (χ0n) is 16.1. The van der Waals surface area contributed by atoms with Gasteiger partial charge in [-0.05, 0) is 36.6 Å². The SMILES string of the molecule is CC(OC(=O)CCC(=O)c1ccc2c(c1)OCCO2)C(=O)Nc1sccc1C(N)=O. The number of hydrogen-bond donors (Lipinski definition) is 2. The summed E-state index contributed by atoms with van der Waals surface area (Å²) >= 11 is 1.13. The molecule has 1 aliphatic heterocycles. The number of carbonyl (C=O) groups is 4. The van der Waals surface area contributed by atoms with E-state index >= 15 is 0 Å². The minimum atomic E-state index is -1.11. The molecule has 10 heteroatoms. The smallest absolute Gasteiger partial charge is 0.307 e.